The molecule has 0 unspecified atom stereocenters. The molecule has 0 aliphatic carbocycles. The van der Waals surface area contributed by atoms with E-state index in [1.54, 1.807) is 0 Å². The Morgan fingerprint density at radius 1 is 1.00 bits per heavy atom. The van der Waals surface area contributed by atoms with Crippen LogP contribution >= 0.6 is 0 Å². The summed E-state index contributed by atoms with van der Waals surface area (Å²) in [7, 11) is 0. The predicted octanol–water partition coefficient (Wildman–Crippen LogP) is 6.60. The number of nitrogens with one attached hydrogen (secondary N) is 1. The summed E-state index contributed by atoms with van der Waals surface area (Å²) in [5, 5.41) is 7.37. The van der Waals surface area contributed by atoms with E-state index in [9.17, 15) is 4.79 Å². The van der Waals surface area contributed by atoms with Crippen molar-refractivity contribution in [1.82, 2.24) is 14.9 Å². The Kier molecular flexibility index (Phi) is 6.27. The lowest BCUT2D eigenvalue weighted by Crippen LogP contribution is -2.34. The molecule has 0 saturated heterocycles. The van der Waals surface area contributed by atoms with Crippen molar-refractivity contribution in [3.8, 4) is 5.75 Å². The third kappa shape index (κ3) is 4.85. The van der Waals surface area contributed by atoms with Crippen LogP contribution in [0.15, 0.2) is 73.1 Å². The Morgan fingerprint density at radius 2 is 1.81 bits per heavy atom. The van der Waals surface area contributed by atoms with Crippen molar-refractivity contribution < 1.29 is 14.3 Å². The normalized spacial score (nSPS) is 11.8. The zero-order chi connectivity index (χ0) is 25.3. The van der Waals surface area contributed by atoms with Gasteiger partial charge in [-0.1, -0.05) is 30.3 Å². The Bertz CT molecular complexity index is 1550. The molecule has 2 aromatic heterocycles. The van der Waals surface area contributed by atoms with Crippen molar-refractivity contribution in [3.05, 3.63) is 84.2 Å². The first-order valence-corrected chi connectivity index (χ1v) is 12.2. The molecule has 6 heteroatoms. The summed E-state index contributed by atoms with van der Waals surface area (Å²) < 4.78 is 13.7. The number of amides is 1. The second-order valence-electron chi connectivity index (χ2n) is 10.0. The third-order valence-electron chi connectivity index (χ3n) is 6.21. The summed E-state index contributed by atoms with van der Waals surface area (Å²) in [5.74, 6) is 0.760. The number of nitrogens with zero attached hydrogens (tertiary/aromatic N) is 2. The van der Waals surface area contributed by atoms with Crippen molar-refractivity contribution in [1.29, 1.82) is 0 Å². The van der Waals surface area contributed by atoms with Gasteiger partial charge < -0.3 is 19.4 Å². The molecule has 0 aliphatic heterocycles. The molecule has 0 aliphatic rings. The second-order valence-corrected chi connectivity index (χ2v) is 10.0. The van der Waals surface area contributed by atoms with Gasteiger partial charge in [0.05, 0.1) is 12.1 Å². The van der Waals surface area contributed by atoms with E-state index in [0.717, 1.165) is 28.6 Å². The van der Waals surface area contributed by atoms with Crippen LogP contribution in [0.25, 0.3) is 32.6 Å². The molecule has 5 aromatic rings. The number of benzene rings is 3. The maximum absolute atomic E-state index is 11.9. The largest absolute Gasteiger partial charge is 0.492 e. The summed E-state index contributed by atoms with van der Waals surface area (Å²) >= 11 is 0. The number of aryl methyl sites for hydroxylation is 1. The monoisotopic (exact) mass is 481 g/mol. The second kappa shape index (κ2) is 9.53. The van der Waals surface area contributed by atoms with E-state index in [-0.39, 0.29) is 0 Å². The first kappa shape index (κ1) is 23.7. The van der Waals surface area contributed by atoms with Crippen molar-refractivity contribution in [3.63, 3.8) is 0 Å². The quantitative estimate of drug-likeness (QED) is 0.277. The van der Waals surface area contributed by atoms with E-state index in [2.05, 4.69) is 70.3 Å². The molecule has 1 amide bonds. The Hall–Kier alpha value is -4.06. The van der Waals surface area contributed by atoms with Crippen LogP contribution in [0.5, 0.6) is 5.75 Å². The lowest BCUT2D eigenvalue weighted by Gasteiger charge is -2.19. The number of carbonyl (C=O) groups excluding carboxylic acids is 1. The lowest BCUT2D eigenvalue weighted by molar-refractivity contribution is 0.0520. The minimum absolute atomic E-state index is 0.347. The summed E-state index contributed by atoms with van der Waals surface area (Å²) in [6.45, 7) is 9.19. The van der Waals surface area contributed by atoms with Gasteiger partial charge in [0.25, 0.3) is 0 Å². The number of hydrogen-bond donors (Lipinski definition) is 1. The molecule has 6 nitrogen and oxygen atoms in total. The highest BCUT2D eigenvalue weighted by atomic mass is 16.6. The first-order chi connectivity index (χ1) is 17.3. The van der Waals surface area contributed by atoms with Gasteiger partial charge in [0.15, 0.2) is 0 Å². The molecule has 0 atom stereocenters. The molecule has 0 saturated carbocycles. The standard InChI is InChI=1S/C30H31N3O3/c1-20-24-12-13-31-18-22(24)16-26-25-17-23(35-15-14-32-29(34)36-30(2,3)4)10-11-27(25)33(28(20)26)19-21-8-6-5-7-9-21/h5-13,16-18H,14-15,19H2,1-4H3,(H,32,34). The molecule has 0 radical (unpaired) electrons. The Labute approximate surface area is 210 Å². The van der Waals surface area contributed by atoms with Crippen LogP contribution in [-0.4, -0.2) is 34.4 Å². The molecule has 0 spiro atoms. The van der Waals surface area contributed by atoms with E-state index in [4.69, 9.17) is 9.47 Å². The zero-order valence-electron chi connectivity index (χ0n) is 21.2. The smallest absolute Gasteiger partial charge is 0.407 e. The molecule has 3 aromatic carbocycles. The van der Waals surface area contributed by atoms with Crippen molar-refractivity contribution in [2.24, 2.45) is 0 Å². The number of fused-ring (bicyclic) bond motifs is 4. The van der Waals surface area contributed by atoms with Crippen LogP contribution in [0.2, 0.25) is 0 Å². The van der Waals surface area contributed by atoms with Crippen LogP contribution in [0.1, 0.15) is 31.9 Å². The van der Waals surface area contributed by atoms with Crippen molar-refractivity contribution >= 4 is 38.7 Å². The minimum Gasteiger partial charge on any atom is -0.492 e. The number of aromatic nitrogens is 2. The van der Waals surface area contributed by atoms with Gasteiger partial charge in [-0.15, -0.1) is 0 Å². The van der Waals surface area contributed by atoms with Crippen LogP contribution < -0.4 is 10.1 Å². The number of carbonyl (C=O) groups is 1. The topological polar surface area (TPSA) is 65.4 Å². The highest BCUT2D eigenvalue weighted by Crippen LogP contribution is 2.37. The van der Waals surface area contributed by atoms with E-state index in [1.165, 1.54) is 27.4 Å². The number of ether oxygens (including phenoxy) is 2. The van der Waals surface area contributed by atoms with Gasteiger partial charge in [-0.25, -0.2) is 4.79 Å². The first-order valence-electron chi connectivity index (χ1n) is 12.2. The highest BCUT2D eigenvalue weighted by Gasteiger charge is 2.17. The molecule has 36 heavy (non-hydrogen) atoms. The van der Waals surface area contributed by atoms with Crippen LogP contribution in [-0.2, 0) is 11.3 Å². The van der Waals surface area contributed by atoms with E-state index in [1.807, 2.05) is 45.3 Å². The summed E-state index contributed by atoms with van der Waals surface area (Å²) in [6, 6.07) is 21.0. The van der Waals surface area contributed by atoms with E-state index < -0.39 is 11.7 Å². The van der Waals surface area contributed by atoms with Crippen LogP contribution in [0.3, 0.4) is 0 Å². The zero-order valence-corrected chi connectivity index (χ0v) is 21.2. The van der Waals surface area contributed by atoms with E-state index >= 15 is 0 Å². The minimum atomic E-state index is -0.526. The van der Waals surface area contributed by atoms with Gasteiger partial charge in [-0.3, -0.25) is 4.98 Å². The summed E-state index contributed by atoms with van der Waals surface area (Å²) in [4.78, 5) is 16.2. The van der Waals surface area contributed by atoms with Crippen molar-refractivity contribution in [2.45, 2.75) is 39.8 Å². The third-order valence-corrected chi connectivity index (χ3v) is 6.21. The molecule has 184 valence electrons. The number of rotatable bonds is 6. The van der Waals surface area contributed by atoms with Crippen molar-refractivity contribution in [2.75, 3.05) is 13.2 Å². The number of pyridine rings is 1. The fourth-order valence-corrected chi connectivity index (χ4v) is 4.71. The Morgan fingerprint density at radius 3 is 2.58 bits per heavy atom. The van der Waals surface area contributed by atoms with Gasteiger partial charge in [0.2, 0.25) is 0 Å². The average Bonchev–Trinajstić information content (AvgIpc) is 3.14. The summed E-state index contributed by atoms with van der Waals surface area (Å²) in [5.41, 5.74) is 4.33. The van der Waals surface area contributed by atoms with Crippen LogP contribution in [0.4, 0.5) is 4.79 Å². The van der Waals surface area contributed by atoms with Gasteiger partial charge in [-0.05, 0) is 74.5 Å². The predicted molar refractivity (Wildman–Crippen MR) is 145 cm³/mol. The highest BCUT2D eigenvalue weighted by molar-refractivity contribution is 6.14. The van der Waals surface area contributed by atoms with Gasteiger partial charge in [0.1, 0.15) is 18.0 Å². The molecular weight excluding hydrogens is 450 g/mol. The van der Waals surface area contributed by atoms with Crippen LogP contribution in [0, 0.1) is 6.92 Å². The molecule has 5 rings (SSSR count). The van der Waals surface area contributed by atoms with Gasteiger partial charge in [-0.2, -0.15) is 0 Å². The molecule has 0 bridgehead atoms. The fraction of sp³-hybridized carbons (Fsp3) is 0.267. The summed E-state index contributed by atoms with van der Waals surface area (Å²) in [6.07, 6.45) is 3.33. The van der Waals surface area contributed by atoms with Gasteiger partial charge in [0, 0.05) is 40.6 Å². The number of alkyl carbamates (subject to hydrolysis) is 1. The van der Waals surface area contributed by atoms with E-state index in [0.29, 0.717) is 13.2 Å². The number of hydrogen-bond acceptors (Lipinski definition) is 4. The fourth-order valence-electron chi connectivity index (χ4n) is 4.71. The SMILES string of the molecule is Cc1c2ccncc2cc2c3cc(OCCNC(=O)OC(C)(C)C)ccc3n(Cc3ccccc3)c12. The average molecular weight is 482 g/mol. The lowest BCUT2D eigenvalue weighted by atomic mass is 10.0. The van der Waals surface area contributed by atoms with Gasteiger partial charge >= 0.3 is 6.09 Å². The molecule has 1 N–H and O–H groups in total. The Balaban J connectivity index is 1.49. The molecular formula is C30H31N3O3. The molecule has 2 heterocycles. The maximum atomic E-state index is 11.9. The molecule has 0 fully saturated rings. The maximum Gasteiger partial charge on any atom is 0.407 e.